The summed E-state index contributed by atoms with van der Waals surface area (Å²) in [7, 11) is 1.75. The van der Waals surface area contributed by atoms with E-state index in [1.54, 1.807) is 7.05 Å². The Morgan fingerprint density at radius 2 is 2.00 bits per heavy atom. The molecular formula is C11H14F2N2O2. The molecule has 0 bridgehead atoms. The predicted octanol–water partition coefficient (Wildman–Crippen LogP) is 1.84. The SMILES string of the molecule is CNCCC(=O)Nc1ccc(OC(F)F)cc1. The summed E-state index contributed by atoms with van der Waals surface area (Å²) in [5, 5.41) is 5.49. The fraction of sp³-hybridized carbons (Fsp3) is 0.364. The van der Waals surface area contributed by atoms with Crippen LogP contribution in [0.5, 0.6) is 5.75 Å². The van der Waals surface area contributed by atoms with Gasteiger partial charge in [-0.2, -0.15) is 8.78 Å². The first-order valence-electron chi connectivity index (χ1n) is 5.11. The van der Waals surface area contributed by atoms with Crippen molar-refractivity contribution in [3.8, 4) is 5.75 Å². The van der Waals surface area contributed by atoms with Gasteiger partial charge in [-0.15, -0.1) is 0 Å². The van der Waals surface area contributed by atoms with Crippen molar-refractivity contribution in [3.63, 3.8) is 0 Å². The van der Waals surface area contributed by atoms with Crippen LogP contribution in [0.2, 0.25) is 0 Å². The van der Waals surface area contributed by atoms with Crippen LogP contribution in [0.4, 0.5) is 14.5 Å². The summed E-state index contributed by atoms with van der Waals surface area (Å²) in [4.78, 5) is 11.3. The number of alkyl halides is 2. The van der Waals surface area contributed by atoms with Crippen LogP contribution in [-0.4, -0.2) is 26.1 Å². The second kappa shape index (κ2) is 6.80. The zero-order valence-electron chi connectivity index (χ0n) is 9.37. The molecule has 0 aliphatic heterocycles. The normalized spacial score (nSPS) is 10.4. The second-order valence-corrected chi connectivity index (χ2v) is 3.30. The van der Waals surface area contributed by atoms with Crippen LogP contribution in [0.25, 0.3) is 0 Å². The Labute approximate surface area is 98.0 Å². The van der Waals surface area contributed by atoms with Gasteiger partial charge in [-0.3, -0.25) is 4.79 Å². The summed E-state index contributed by atoms with van der Waals surface area (Å²) >= 11 is 0. The Kier molecular flexibility index (Phi) is 5.35. The summed E-state index contributed by atoms with van der Waals surface area (Å²) in [5.74, 6) is -0.0740. The Hall–Kier alpha value is -1.69. The minimum absolute atomic E-state index is 0.0632. The van der Waals surface area contributed by atoms with Crippen LogP contribution in [0.15, 0.2) is 24.3 Å². The van der Waals surface area contributed by atoms with Gasteiger partial charge in [0.25, 0.3) is 0 Å². The average Bonchev–Trinajstić information content (AvgIpc) is 2.28. The lowest BCUT2D eigenvalue weighted by molar-refractivity contribution is -0.116. The van der Waals surface area contributed by atoms with E-state index in [1.807, 2.05) is 0 Å². The van der Waals surface area contributed by atoms with E-state index in [0.29, 0.717) is 18.7 Å². The quantitative estimate of drug-likeness (QED) is 0.802. The first kappa shape index (κ1) is 13.4. The van der Waals surface area contributed by atoms with E-state index in [-0.39, 0.29) is 11.7 Å². The number of carbonyl (C=O) groups is 1. The molecule has 0 heterocycles. The van der Waals surface area contributed by atoms with Crippen molar-refractivity contribution in [1.82, 2.24) is 5.32 Å². The summed E-state index contributed by atoms with van der Waals surface area (Å²) in [6, 6.07) is 5.77. The third-order valence-corrected chi connectivity index (χ3v) is 1.97. The molecule has 17 heavy (non-hydrogen) atoms. The summed E-state index contributed by atoms with van der Waals surface area (Å²) in [6.07, 6.45) is 0.353. The topological polar surface area (TPSA) is 50.4 Å². The molecule has 1 aromatic rings. The molecule has 0 spiro atoms. The third-order valence-electron chi connectivity index (χ3n) is 1.97. The molecule has 6 heteroatoms. The van der Waals surface area contributed by atoms with Gasteiger partial charge in [0.05, 0.1) is 0 Å². The maximum Gasteiger partial charge on any atom is 0.387 e. The number of rotatable bonds is 6. The maximum absolute atomic E-state index is 11.9. The smallest absolute Gasteiger partial charge is 0.387 e. The number of hydrogen-bond donors (Lipinski definition) is 2. The molecule has 0 atom stereocenters. The summed E-state index contributed by atoms with van der Waals surface area (Å²) < 4.78 is 27.9. The lowest BCUT2D eigenvalue weighted by atomic mass is 10.3. The molecule has 1 aromatic carbocycles. The highest BCUT2D eigenvalue weighted by Crippen LogP contribution is 2.17. The van der Waals surface area contributed by atoms with Crippen LogP contribution in [0.1, 0.15) is 6.42 Å². The van der Waals surface area contributed by atoms with Crippen LogP contribution in [0, 0.1) is 0 Å². The highest BCUT2D eigenvalue weighted by atomic mass is 19.3. The molecule has 1 amide bonds. The highest BCUT2D eigenvalue weighted by Gasteiger charge is 2.05. The van der Waals surface area contributed by atoms with E-state index in [2.05, 4.69) is 15.4 Å². The number of benzene rings is 1. The molecule has 94 valence electrons. The third kappa shape index (κ3) is 5.26. The van der Waals surface area contributed by atoms with E-state index in [4.69, 9.17) is 0 Å². The Morgan fingerprint density at radius 3 is 2.53 bits per heavy atom. The van der Waals surface area contributed by atoms with E-state index in [9.17, 15) is 13.6 Å². The van der Waals surface area contributed by atoms with Crippen molar-refractivity contribution in [2.45, 2.75) is 13.0 Å². The molecule has 1 rings (SSSR count). The van der Waals surface area contributed by atoms with Gasteiger partial charge < -0.3 is 15.4 Å². The number of nitrogens with one attached hydrogen (secondary N) is 2. The van der Waals surface area contributed by atoms with Gasteiger partial charge in [-0.1, -0.05) is 0 Å². The van der Waals surface area contributed by atoms with E-state index in [1.165, 1.54) is 24.3 Å². The summed E-state index contributed by atoms with van der Waals surface area (Å²) in [6.45, 7) is -2.26. The number of amides is 1. The van der Waals surface area contributed by atoms with Gasteiger partial charge in [-0.25, -0.2) is 0 Å². The zero-order valence-corrected chi connectivity index (χ0v) is 9.37. The molecule has 0 radical (unpaired) electrons. The zero-order chi connectivity index (χ0) is 12.7. The maximum atomic E-state index is 11.9. The lowest BCUT2D eigenvalue weighted by Gasteiger charge is -2.07. The van der Waals surface area contributed by atoms with Gasteiger partial charge in [0, 0.05) is 18.7 Å². The van der Waals surface area contributed by atoms with Gasteiger partial charge in [0.1, 0.15) is 5.75 Å². The minimum atomic E-state index is -2.84. The first-order valence-corrected chi connectivity index (χ1v) is 5.11. The van der Waals surface area contributed by atoms with Crippen LogP contribution in [-0.2, 0) is 4.79 Å². The van der Waals surface area contributed by atoms with Gasteiger partial charge in [-0.05, 0) is 31.3 Å². The largest absolute Gasteiger partial charge is 0.435 e. The molecule has 0 aromatic heterocycles. The predicted molar refractivity (Wildman–Crippen MR) is 60.2 cm³/mol. The van der Waals surface area contributed by atoms with Crippen LogP contribution < -0.4 is 15.4 Å². The van der Waals surface area contributed by atoms with Gasteiger partial charge in [0.15, 0.2) is 0 Å². The fourth-order valence-corrected chi connectivity index (χ4v) is 1.18. The number of anilines is 1. The van der Waals surface area contributed by atoms with Gasteiger partial charge in [0.2, 0.25) is 5.91 Å². The molecule has 2 N–H and O–H groups in total. The van der Waals surface area contributed by atoms with Crippen LogP contribution in [0.3, 0.4) is 0 Å². The van der Waals surface area contributed by atoms with E-state index in [0.717, 1.165) is 0 Å². The van der Waals surface area contributed by atoms with E-state index < -0.39 is 6.61 Å². The first-order chi connectivity index (χ1) is 8.11. The number of carbonyl (C=O) groups excluding carboxylic acids is 1. The van der Waals surface area contributed by atoms with Crippen molar-refractivity contribution in [2.24, 2.45) is 0 Å². The average molecular weight is 244 g/mol. The Bertz CT molecular complexity index is 355. The molecule has 4 nitrogen and oxygen atoms in total. The van der Waals surface area contributed by atoms with Crippen molar-refractivity contribution < 1.29 is 18.3 Å². The number of hydrogen-bond acceptors (Lipinski definition) is 3. The van der Waals surface area contributed by atoms with Crippen molar-refractivity contribution in [1.29, 1.82) is 0 Å². The number of halogens is 2. The van der Waals surface area contributed by atoms with E-state index >= 15 is 0 Å². The standard InChI is InChI=1S/C11H14F2N2O2/c1-14-7-6-10(16)15-8-2-4-9(5-3-8)17-11(12)13/h2-5,11,14H,6-7H2,1H3,(H,15,16). The van der Waals surface area contributed by atoms with Crippen molar-refractivity contribution in [2.75, 3.05) is 18.9 Å². The molecule has 0 aliphatic rings. The highest BCUT2D eigenvalue weighted by molar-refractivity contribution is 5.90. The molecule has 0 unspecified atom stereocenters. The number of ether oxygens (including phenoxy) is 1. The lowest BCUT2D eigenvalue weighted by Crippen LogP contribution is -2.18. The molecular weight excluding hydrogens is 230 g/mol. The molecule has 0 saturated carbocycles. The van der Waals surface area contributed by atoms with Crippen LogP contribution >= 0.6 is 0 Å². The molecule has 0 saturated heterocycles. The van der Waals surface area contributed by atoms with Gasteiger partial charge >= 0.3 is 6.61 Å². The minimum Gasteiger partial charge on any atom is -0.435 e. The fourth-order valence-electron chi connectivity index (χ4n) is 1.18. The van der Waals surface area contributed by atoms with Crippen molar-refractivity contribution in [3.05, 3.63) is 24.3 Å². The Balaban J connectivity index is 2.47. The van der Waals surface area contributed by atoms with Crippen molar-refractivity contribution >= 4 is 11.6 Å². The summed E-state index contributed by atoms with van der Waals surface area (Å²) in [5.41, 5.74) is 0.549. The molecule has 0 aliphatic carbocycles. The Morgan fingerprint density at radius 1 is 1.35 bits per heavy atom. The molecule has 0 fully saturated rings. The monoisotopic (exact) mass is 244 g/mol. The second-order valence-electron chi connectivity index (χ2n) is 3.30.